The van der Waals surface area contributed by atoms with Crippen LogP contribution in [0.5, 0.6) is 0 Å². The van der Waals surface area contributed by atoms with Crippen molar-refractivity contribution in [1.82, 2.24) is 0 Å². The van der Waals surface area contributed by atoms with E-state index in [9.17, 15) is 9.59 Å². The molecule has 0 aromatic heterocycles. The van der Waals surface area contributed by atoms with Crippen LogP contribution in [0.2, 0.25) is 0 Å². The summed E-state index contributed by atoms with van der Waals surface area (Å²) in [4.78, 5) is 24.2. The fourth-order valence-corrected chi connectivity index (χ4v) is 5.33. The predicted octanol–water partition coefficient (Wildman–Crippen LogP) is 3.41. The van der Waals surface area contributed by atoms with Crippen LogP contribution >= 0.6 is 23.5 Å². The third-order valence-electron chi connectivity index (χ3n) is 3.17. The zero-order valence-corrected chi connectivity index (χ0v) is 12.2. The maximum absolute atomic E-state index is 12.1. The largest absolute Gasteiger partial charge is 0.294 e. The molecule has 0 amide bonds. The molecule has 1 atom stereocenters. The second kappa shape index (κ2) is 4.81. The molecule has 1 saturated carbocycles. The van der Waals surface area contributed by atoms with Gasteiger partial charge in [0, 0.05) is 23.8 Å². The highest BCUT2D eigenvalue weighted by atomic mass is 32.2. The Morgan fingerprint density at radius 2 is 1.82 bits per heavy atom. The lowest BCUT2D eigenvalue weighted by Crippen LogP contribution is -2.31. The zero-order chi connectivity index (χ0) is 12.6. The molecule has 0 aromatic rings. The molecule has 2 nitrogen and oxygen atoms in total. The van der Waals surface area contributed by atoms with Crippen molar-refractivity contribution in [3.8, 4) is 0 Å². The van der Waals surface area contributed by atoms with Crippen molar-refractivity contribution in [2.75, 3.05) is 5.75 Å². The monoisotopic (exact) mass is 270 g/mol. The van der Waals surface area contributed by atoms with Gasteiger partial charge in [0.25, 0.3) is 0 Å². The molecule has 0 radical (unpaired) electrons. The molecule has 17 heavy (non-hydrogen) atoms. The topological polar surface area (TPSA) is 34.1 Å². The Balaban J connectivity index is 2.25. The minimum Gasteiger partial charge on any atom is -0.294 e. The van der Waals surface area contributed by atoms with E-state index in [-0.39, 0.29) is 17.0 Å². The number of Topliss-reactive ketones (excluding diaryl/α,β-unsaturated/α-hetero) is 2. The third-order valence-corrected chi connectivity index (χ3v) is 6.31. The van der Waals surface area contributed by atoms with E-state index in [1.807, 2.05) is 13.8 Å². The van der Waals surface area contributed by atoms with Crippen LogP contribution in [0.25, 0.3) is 0 Å². The number of hydrogen-bond acceptors (Lipinski definition) is 4. The van der Waals surface area contributed by atoms with Crippen molar-refractivity contribution < 1.29 is 9.59 Å². The summed E-state index contributed by atoms with van der Waals surface area (Å²) in [6.45, 7) is 6.14. The number of carbonyl (C=O) groups is 2. The summed E-state index contributed by atoms with van der Waals surface area (Å²) in [6.07, 6.45) is 2.12. The van der Waals surface area contributed by atoms with E-state index < -0.39 is 0 Å². The normalized spacial score (nSPS) is 29.0. The quantitative estimate of drug-likeness (QED) is 0.540. The van der Waals surface area contributed by atoms with Crippen molar-refractivity contribution in [3.05, 3.63) is 9.81 Å². The molecule has 0 bridgehead atoms. The van der Waals surface area contributed by atoms with Gasteiger partial charge in [0.1, 0.15) is 0 Å². The minimum absolute atomic E-state index is 0.0537. The van der Waals surface area contributed by atoms with Gasteiger partial charge in [-0.2, -0.15) is 0 Å². The first kappa shape index (κ1) is 13.2. The van der Waals surface area contributed by atoms with Crippen LogP contribution in [0.3, 0.4) is 0 Å². The van der Waals surface area contributed by atoms with Gasteiger partial charge in [-0.05, 0) is 11.8 Å². The highest BCUT2D eigenvalue weighted by molar-refractivity contribution is 8.25. The number of ketones is 2. The summed E-state index contributed by atoms with van der Waals surface area (Å²) >= 11 is 3.42. The lowest BCUT2D eigenvalue weighted by Gasteiger charge is -2.29. The summed E-state index contributed by atoms with van der Waals surface area (Å²) in [6, 6.07) is 0. The van der Waals surface area contributed by atoms with E-state index in [2.05, 4.69) is 6.92 Å². The molecule has 0 spiro atoms. The van der Waals surface area contributed by atoms with Gasteiger partial charge in [-0.1, -0.05) is 20.8 Å². The lowest BCUT2D eigenvalue weighted by atomic mass is 9.74. The number of thioether (sulfide) groups is 2. The highest BCUT2D eigenvalue weighted by Gasteiger charge is 2.38. The minimum atomic E-state index is -0.156. The van der Waals surface area contributed by atoms with E-state index in [0.29, 0.717) is 23.7 Å². The first-order valence-corrected chi connectivity index (χ1v) is 7.89. The predicted molar refractivity (Wildman–Crippen MR) is 74.2 cm³/mol. The van der Waals surface area contributed by atoms with Crippen LogP contribution in [-0.4, -0.2) is 22.6 Å². The fourth-order valence-electron chi connectivity index (χ4n) is 2.21. The van der Waals surface area contributed by atoms with Gasteiger partial charge in [-0.15, -0.1) is 23.5 Å². The molecule has 1 heterocycles. The van der Waals surface area contributed by atoms with Crippen LogP contribution in [0, 0.1) is 5.41 Å². The number of rotatable bonds is 1. The summed E-state index contributed by atoms with van der Waals surface area (Å²) in [5.41, 5.74) is 0.353. The Kier molecular flexibility index (Phi) is 3.74. The lowest BCUT2D eigenvalue weighted by molar-refractivity contribution is -0.127. The Hall–Kier alpha value is -0.220. The Labute approximate surface area is 111 Å². The van der Waals surface area contributed by atoms with E-state index in [1.54, 1.807) is 23.5 Å². The molecular weight excluding hydrogens is 252 g/mol. The maximum Gasteiger partial charge on any atom is 0.168 e. The molecule has 1 unspecified atom stereocenters. The molecule has 0 aromatic carbocycles. The van der Waals surface area contributed by atoms with E-state index in [0.717, 1.165) is 16.4 Å². The number of hydrogen-bond donors (Lipinski definition) is 0. The van der Waals surface area contributed by atoms with Crippen LogP contribution in [-0.2, 0) is 9.59 Å². The molecule has 2 aliphatic rings. The molecule has 1 aliphatic carbocycles. The van der Waals surface area contributed by atoms with Crippen molar-refractivity contribution in [2.45, 2.75) is 45.3 Å². The first-order valence-electron chi connectivity index (χ1n) is 6.03. The SMILES string of the molecule is CCC1CSC(=C2C(=O)CC(C)(C)CC2=O)S1. The van der Waals surface area contributed by atoms with Gasteiger partial charge in [-0.25, -0.2) is 0 Å². The molecule has 2 rings (SSSR count). The standard InChI is InChI=1S/C13H18O2S2/c1-4-8-7-16-12(17-8)11-9(14)5-13(2,3)6-10(11)15/h8H,4-7H2,1-3H3. The molecule has 1 aliphatic heterocycles. The van der Waals surface area contributed by atoms with E-state index >= 15 is 0 Å². The molecule has 4 heteroatoms. The summed E-state index contributed by atoms with van der Waals surface area (Å²) in [7, 11) is 0. The molecule has 2 fully saturated rings. The second-order valence-electron chi connectivity index (χ2n) is 5.49. The van der Waals surface area contributed by atoms with Crippen LogP contribution < -0.4 is 0 Å². The first-order chi connectivity index (χ1) is 7.93. The van der Waals surface area contributed by atoms with E-state index in [1.165, 1.54) is 0 Å². The van der Waals surface area contributed by atoms with Crippen LogP contribution in [0.15, 0.2) is 9.81 Å². The van der Waals surface area contributed by atoms with Crippen molar-refractivity contribution in [3.63, 3.8) is 0 Å². The summed E-state index contributed by atoms with van der Waals surface area (Å²) in [5.74, 6) is 1.14. The second-order valence-corrected chi connectivity index (χ2v) is 8.08. The average molecular weight is 270 g/mol. The maximum atomic E-state index is 12.1. The molecule has 1 saturated heterocycles. The average Bonchev–Trinajstić information content (AvgIpc) is 2.62. The number of carbonyl (C=O) groups excluding carboxylic acids is 2. The number of allylic oxidation sites excluding steroid dienone is 1. The third kappa shape index (κ3) is 2.79. The smallest absolute Gasteiger partial charge is 0.168 e. The highest BCUT2D eigenvalue weighted by Crippen LogP contribution is 2.47. The van der Waals surface area contributed by atoms with Gasteiger partial charge in [0.15, 0.2) is 11.6 Å². The molecule has 0 N–H and O–H groups in total. The van der Waals surface area contributed by atoms with Gasteiger partial charge in [0.2, 0.25) is 0 Å². The van der Waals surface area contributed by atoms with Gasteiger partial charge in [-0.3, -0.25) is 9.59 Å². The van der Waals surface area contributed by atoms with Gasteiger partial charge >= 0.3 is 0 Å². The van der Waals surface area contributed by atoms with Gasteiger partial charge < -0.3 is 0 Å². The fraction of sp³-hybridized carbons (Fsp3) is 0.692. The van der Waals surface area contributed by atoms with Crippen LogP contribution in [0.4, 0.5) is 0 Å². The van der Waals surface area contributed by atoms with Crippen molar-refractivity contribution in [2.24, 2.45) is 5.41 Å². The molecule has 94 valence electrons. The van der Waals surface area contributed by atoms with Crippen LogP contribution in [0.1, 0.15) is 40.0 Å². The summed E-state index contributed by atoms with van der Waals surface area (Å²) < 4.78 is 0.988. The van der Waals surface area contributed by atoms with Crippen molar-refractivity contribution in [1.29, 1.82) is 0 Å². The Bertz CT molecular complexity index is 374. The molecular formula is C13H18O2S2. The summed E-state index contributed by atoms with van der Waals surface area (Å²) in [5, 5.41) is 0.568. The Morgan fingerprint density at radius 3 is 2.29 bits per heavy atom. The van der Waals surface area contributed by atoms with E-state index in [4.69, 9.17) is 0 Å². The van der Waals surface area contributed by atoms with Crippen molar-refractivity contribution >= 4 is 35.1 Å². The zero-order valence-electron chi connectivity index (χ0n) is 10.5. The van der Waals surface area contributed by atoms with Gasteiger partial charge in [0.05, 0.1) is 9.81 Å². The Morgan fingerprint density at radius 1 is 1.24 bits per heavy atom.